The van der Waals surface area contributed by atoms with Crippen molar-refractivity contribution < 1.29 is 9.47 Å². The maximum absolute atomic E-state index is 5.78. The summed E-state index contributed by atoms with van der Waals surface area (Å²) < 4.78 is 11.4. The first-order valence-corrected chi connectivity index (χ1v) is 7.33. The molecule has 0 amide bonds. The average Bonchev–Trinajstić information content (AvgIpc) is 2.96. The third-order valence-corrected chi connectivity index (χ3v) is 3.49. The summed E-state index contributed by atoms with van der Waals surface area (Å²) in [6.07, 6.45) is 5.00. The molecule has 1 aliphatic heterocycles. The van der Waals surface area contributed by atoms with Crippen LogP contribution in [-0.2, 0) is 4.74 Å². The molecule has 20 heavy (non-hydrogen) atoms. The third kappa shape index (κ3) is 4.56. The Morgan fingerprint density at radius 2 is 2.35 bits per heavy atom. The van der Waals surface area contributed by atoms with Gasteiger partial charge >= 0.3 is 0 Å². The summed E-state index contributed by atoms with van der Waals surface area (Å²) in [5.74, 6) is 6.84. The van der Waals surface area contributed by atoms with Gasteiger partial charge in [-0.3, -0.25) is 0 Å². The summed E-state index contributed by atoms with van der Waals surface area (Å²) in [6.45, 7) is 4.10. The number of aryl methyl sites for hydroxylation is 1. The number of ether oxygens (including phenoxy) is 2. The summed E-state index contributed by atoms with van der Waals surface area (Å²) in [6, 6.07) is 6.00. The fourth-order valence-corrected chi connectivity index (χ4v) is 2.39. The maximum Gasteiger partial charge on any atom is 0.119 e. The van der Waals surface area contributed by atoms with Crippen LogP contribution in [0, 0.1) is 18.8 Å². The zero-order valence-electron chi connectivity index (χ0n) is 12.2. The van der Waals surface area contributed by atoms with E-state index in [1.54, 1.807) is 0 Å². The van der Waals surface area contributed by atoms with Crippen LogP contribution in [0.25, 0.3) is 0 Å². The monoisotopic (exact) mass is 273 g/mol. The molecule has 1 aromatic rings. The van der Waals surface area contributed by atoms with E-state index in [1.165, 1.54) is 12.8 Å². The third-order valence-electron chi connectivity index (χ3n) is 3.49. The molecule has 108 valence electrons. The molecule has 0 aliphatic carbocycles. The maximum atomic E-state index is 5.78. The predicted octanol–water partition coefficient (Wildman–Crippen LogP) is 2.64. The van der Waals surface area contributed by atoms with Crippen LogP contribution < -0.4 is 10.5 Å². The molecule has 1 unspecified atom stereocenters. The zero-order valence-corrected chi connectivity index (χ0v) is 12.2. The highest BCUT2D eigenvalue weighted by Gasteiger charge is 2.14. The highest BCUT2D eigenvalue weighted by atomic mass is 16.5. The average molecular weight is 273 g/mol. The van der Waals surface area contributed by atoms with E-state index in [4.69, 9.17) is 15.2 Å². The quantitative estimate of drug-likeness (QED) is 0.662. The van der Waals surface area contributed by atoms with Crippen molar-refractivity contribution in [2.24, 2.45) is 5.73 Å². The van der Waals surface area contributed by atoms with Gasteiger partial charge in [-0.15, -0.1) is 0 Å². The van der Waals surface area contributed by atoms with Crippen LogP contribution in [-0.4, -0.2) is 25.9 Å². The summed E-state index contributed by atoms with van der Waals surface area (Å²) in [4.78, 5) is 0. The fourth-order valence-electron chi connectivity index (χ4n) is 2.39. The number of benzene rings is 1. The minimum absolute atomic E-state index is 0.390. The van der Waals surface area contributed by atoms with E-state index in [1.807, 2.05) is 25.1 Å². The van der Waals surface area contributed by atoms with Crippen molar-refractivity contribution in [1.29, 1.82) is 0 Å². The van der Waals surface area contributed by atoms with Gasteiger partial charge in [0.15, 0.2) is 0 Å². The number of hydrogen-bond donors (Lipinski definition) is 1. The summed E-state index contributed by atoms with van der Waals surface area (Å²) >= 11 is 0. The summed E-state index contributed by atoms with van der Waals surface area (Å²) in [7, 11) is 0. The molecule has 0 spiro atoms. The Labute approximate surface area is 121 Å². The van der Waals surface area contributed by atoms with E-state index in [0.717, 1.165) is 42.9 Å². The second-order valence-electron chi connectivity index (χ2n) is 5.11. The van der Waals surface area contributed by atoms with Gasteiger partial charge in [-0.05, 0) is 56.4 Å². The highest BCUT2D eigenvalue weighted by molar-refractivity contribution is 5.44. The lowest BCUT2D eigenvalue weighted by Crippen LogP contribution is -2.07. The molecule has 2 rings (SSSR count). The molecule has 1 atom stereocenters. The van der Waals surface area contributed by atoms with Crippen molar-refractivity contribution in [3.63, 3.8) is 0 Å². The van der Waals surface area contributed by atoms with Crippen molar-refractivity contribution in [3.05, 3.63) is 29.3 Å². The van der Waals surface area contributed by atoms with E-state index < -0.39 is 0 Å². The first-order valence-electron chi connectivity index (χ1n) is 7.33. The standard InChI is InChI=1S/C17H23NO2/c1-14-13-17(9-8-15(14)5-2-10-18)20-12-4-7-16-6-3-11-19-16/h8-9,13,16H,3-4,6-7,10-12,18H2,1H3. The first kappa shape index (κ1) is 14.9. The van der Waals surface area contributed by atoms with Gasteiger partial charge in [0.2, 0.25) is 0 Å². The van der Waals surface area contributed by atoms with Crippen LogP contribution in [0.1, 0.15) is 36.8 Å². The molecular formula is C17H23NO2. The van der Waals surface area contributed by atoms with Crippen molar-refractivity contribution in [3.8, 4) is 17.6 Å². The Morgan fingerprint density at radius 3 is 3.05 bits per heavy atom. The minimum Gasteiger partial charge on any atom is -0.494 e. The smallest absolute Gasteiger partial charge is 0.119 e. The van der Waals surface area contributed by atoms with E-state index in [-0.39, 0.29) is 0 Å². The van der Waals surface area contributed by atoms with Gasteiger partial charge in [-0.2, -0.15) is 0 Å². The van der Waals surface area contributed by atoms with Gasteiger partial charge in [0, 0.05) is 12.2 Å². The van der Waals surface area contributed by atoms with Gasteiger partial charge in [-0.25, -0.2) is 0 Å². The Morgan fingerprint density at radius 1 is 1.45 bits per heavy atom. The lowest BCUT2D eigenvalue weighted by atomic mass is 10.1. The Kier molecular flexibility index (Phi) is 5.91. The van der Waals surface area contributed by atoms with Crippen LogP contribution >= 0.6 is 0 Å². The van der Waals surface area contributed by atoms with Gasteiger partial charge in [0.1, 0.15) is 5.75 Å². The molecule has 1 heterocycles. The molecule has 2 N–H and O–H groups in total. The van der Waals surface area contributed by atoms with Crippen LogP contribution in [0.4, 0.5) is 0 Å². The molecule has 0 saturated carbocycles. The van der Waals surface area contributed by atoms with Crippen molar-refractivity contribution in [2.75, 3.05) is 19.8 Å². The summed E-state index contributed by atoms with van der Waals surface area (Å²) in [5.41, 5.74) is 7.52. The molecule has 1 saturated heterocycles. The van der Waals surface area contributed by atoms with Gasteiger partial charge in [0.05, 0.1) is 19.3 Å². The number of nitrogens with two attached hydrogens (primary N) is 1. The van der Waals surface area contributed by atoms with Crippen molar-refractivity contribution in [2.45, 2.75) is 38.7 Å². The van der Waals surface area contributed by atoms with Crippen LogP contribution in [0.3, 0.4) is 0 Å². The SMILES string of the molecule is Cc1cc(OCCCC2CCCO2)ccc1C#CCN. The molecular weight excluding hydrogens is 250 g/mol. The molecule has 0 aromatic heterocycles. The second kappa shape index (κ2) is 7.94. The fraction of sp³-hybridized carbons (Fsp3) is 0.529. The molecule has 3 heteroatoms. The van der Waals surface area contributed by atoms with E-state index in [2.05, 4.69) is 11.8 Å². The minimum atomic E-state index is 0.390. The van der Waals surface area contributed by atoms with Gasteiger partial charge in [-0.1, -0.05) is 11.8 Å². The molecule has 1 fully saturated rings. The number of rotatable bonds is 5. The van der Waals surface area contributed by atoms with Crippen molar-refractivity contribution >= 4 is 0 Å². The van der Waals surface area contributed by atoms with Gasteiger partial charge in [0.25, 0.3) is 0 Å². The van der Waals surface area contributed by atoms with Crippen LogP contribution in [0.15, 0.2) is 18.2 Å². The zero-order chi connectivity index (χ0) is 14.2. The van der Waals surface area contributed by atoms with Crippen LogP contribution in [0.5, 0.6) is 5.75 Å². The Bertz CT molecular complexity index is 481. The molecule has 0 radical (unpaired) electrons. The topological polar surface area (TPSA) is 44.5 Å². The van der Waals surface area contributed by atoms with E-state index in [0.29, 0.717) is 12.6 Å². The second-order valence-corrected chi connectivity index (χ2v) is 5.11. The largest absolute Gasteiger partial charge is 0.494 e. The molecule has 3 nitrogen and oxygen atoms in total. The molecule has 1 aromatic carbocycles. The van der Waals surface area contributed by atoms with Gasteiger partial charge < -0.3 is 15.2 Å². The lowest BCUT2D eigenvalue weighted by molar-refractivity contribution is 0.0981. The Balaban J connectivity index is 1.76. The molecule has 1 aliphatic rings. The van der Waals surface area contributed by atoms with E-state index >= 15 is 0 Å². The number of hydrogen-bond acceptors (Lipinski definition) is 3. The Hall–Kier alpha value is -1.50. The van der Waals surface area contributed by atoms with Crippen LogP contribution in [0.2, 0.25) is 0 Å². The van der Waals surface area contributed by atoms with Crippen molar-refractivity contribution in [1.82, 2.24) is 0 Å². The predicted molar refractivity (Wildman–Crippen MR) is 80.8 cm³/mol. The van der Waals surface area contributed by atoms with E-state index in [9.17, 15) is 0 Å². The normalized spacial score (nSPS) is 17.6. The summed E-state index contributed by atoms with van der Waals surface area (Å²) in [5, 5.41) is 0. The first-order chi connectivity index (χ1) is 9.79. The lowest BCUT2D eigenvalue weighted by Gasteiger charge is -2.10. The highest BCUT2D eigenvalue weighted by Crippen LogP contribution is 2.19. The molecule has 0 bridgehead atoms.